The molecule has 20 heavy (non-hydrogen) atoms. The zero-order valence-corrected chi connectivity index (χ0v) is 11.8. The van der Waals surface area contributed by atoms with Crippen LogP contribution in [0.2, 0.25) is 0 Å². The molecule has 4 nitrogen and oxygen atoms in total. The maximum absolute atomic E-state index is 13.9. The van der Waals surface area contributed by atoms with Crippen LogP contribution in [0.1, 0.15) is 42.3 Å². The second-order valence-corrected chi connectivity index (χ2v) is 5.55. The van der Waals surface area contributed by atoms with Crippen molar-refractivity contribution in [2.75, 3.05) is 14.1 Å². The van der Waals surface area contributed by atoms with E-state index in [2.05, 4.69) is 4.98 Å². The van der Waals surface area contributed by atoms with Gasteiger partial charge in [-0.05, 0) is 25.0 Å². The lowest BCUT2D eigenvalue weighted by molar-refractivity contribution is 0.0809. The lowest BCUT2D eigenvalue weighted by Gasteiger charge is -2.17. The molecule has 0 spiro atoms. The van der Waals surface area contributed by atoms with Crippen LogP contribution in [0, 0.1) is 5.82 Å². The molecular weight excluding hydrogens is 257 g/mol. The van der Waals surface area contributed by atoms with Crippen molar-refractivity contribution in [2.24, 2.45) is 0 Å². The smallest absolute Gasteiger partial charge is 0.289 e. The van der Waals surface area contributed by atoms with Crippen molar-refractivity contribution in [3.05, 3.63) is 29.8 Å². The number of fused-ring (bicyclic) bond motifs is 1. The Morgan fingerprint density at radius 2 is 2.05 bits per heavy atom. The molecule has 1 aliphatic carbocycles. The summed E-state index contributed by atoms with van der Waals surface area (Å²) in [6.45, 7) is 0. The quantitative estimate of drug-likeness (QED) is 0.845. The fourth-order valence-corrected chi connectivity index (χ4v) is 2.97. The van der Waals surface area contributed by atoms with Crippen LogP contribution >= 0.6 is 0 Å². The first-order chi connectivity index (χ1) is 9.59. The molecule has 1 aromatic heterocycles. The van der Waals surface area contributed by atoms with Crippen LogP contribution in [-0.2, 0) is 0 Å². The fourth-order valence-electron chi connectivity index (χ4n) is 2.97. The monoisotopic (exact) mass is 275 g/mol. The van der Waals surface area contributed by atoms with Crippen LogP contribution in [0.4, 0.5) is 4.39 Å². The van der Waals surface area contributed by atoms with E-state index in [0.29, 0.717) is 11.3 Å². The molecule has 0 aliphatic heterocycles. The molecular formula is C15H18FN3O. The van der Waals surface area contributed by atoms with E-state index in [4.69, 9.17) is 0 Å². The van der Waals surface area contributed by atoms with Crippen molar-refractivity contribution < 1.29 is 9.18 Å². The van der Waals surface area contributed by atoms with Gasteiger partial charge < -0.3 is 9.47 Å². The van der Waals surface area contributed by atoms with Gasteiger partial charge in [0.05, 0.1) is 5.52 Å². The molecule has 0 radical (unpaired) electrons. The highest BCUT2D eigenvalue weighted by Crippen LogP contribution is 2.34. The standard InChI is InChI=1S/C15H18FN3O/c1-18(2)15(20)14-17-13-11(16)8-5-9-12(13)19(14)10-6-3-4-7-10/h5,8-10H,3-4,6-7H2,1-2H3. The maximum Gasteiger partial charge on any atom is 0.289 e. The van der Waals surface area contributed by atoms with E-state index in [1.807, 2.05) is 10.6 Å². The van der Waals surface area contributed by atoms with Gasteiger partial charge >= 0.3 is 0 Å². The summed E-state index contributed by atoms with van der Waals surface area (Å²) in [4.78, 5) is 18.1. The van der Waals surface area contributed by atoms with E-state index in [1.165, 1.54) is 11.0 Å². The molecule has 1 heterocycles. The van der Waals surface area contributed by atoms with Crippen LogP contribution in [0.5, 0.6) is 0 Å². The van der Waals surface area contributed by atoms with E-state index in [9.17, 15) is 9.18 Å². The Morgan fingerprint density at radius 3 is 2.70 bits per heavy atom. The highest BCUT2D eigenvalue weighted by atomic mass is 19.1. The summed E-state index contributed by atoms with van der Waals surface area (Å²) >= 11 is 0. The number of carbonyl (C=O) groups excluding carboxylic acids is 1. The SMILES string of the molecule is CN(C)C(=O)c1nc2c(F)cccc2n1C1CCCC1. The molecule has 0 bridgehead atoms. The molecule has 1 aromatic carbocycles. The molecule has 1 saturated carbocycles. The molecule has 1 amide bonds. The number of aromatic nitrogens is 2. The molecule has 1 fully saturated rings. The van der Waals surface area contributed by atoms with Gasteiger partial charge in [-0.2, -0.15) is 0 Å². The summed E-state index contributed by atoms with van der Waals surface area (Å²) in [5.41, 5.74) is 1.02. The van der Waals surface area contributed by atoms with Crippen molar-refractivity contribution in [1.29, 1.82) is 0 Å². The van der Waals surface area contributed by atoms with Crippen LogP contribution in [-0.4, -0.2) is 34.5 Å². The Balaban J connectivity index is 2.24. The predicted octanol–water partition coefficient (Wildman–Crippen LogP) is 2.99. The topological polar surface area (TPSA) is 38.1 Å². The van der Waals surface area contributed by atoms with Gasteiger partial charge in [0.25, 0.3) is 5.91 Å². The Bertz CT molecular complexity index is 656. The average Bonchev–Trinajstić information content (AvgIpc) is 3.04. The average molecular weight is 275 g/mol. The van der Waals surface area contributed by atoms with Crippen LogP contribution in [0.25, 0.3) is 11.0 Å². The molecule has 106 valence electrons. The number of nitrogens with zero attached hydrogens (tertiary/aromatic N) is 3. The summed E-state index contributed by atoms with van der Waals surface area (Å²) in [7, 11) is 3.38. The van der Waals surface area contributed by atoms with Crippen molar-refractivity contribution >= 4 is 16.9 Å². The van der Waals surface area contributed by atoms with Crippen LogP contribution in [0.3, 0.4) is 0 Å². The minimum Gasteiger partial charge on any atom is -0.342 e. The Labute approximate surface area is 117 Å². The lowest BCUT2D eigenvalue weighted by atomic mass is 10.2. The van der Waals surface area contributed by atoms with Gasteiger partial charge in [-0.3, -0.25) is 4.79 Å². The summed E-state index contributed by atoms with van der Waals surface area (Å²) in [6, 6.07) is 5.16. The first-order valence-corrected chi connectivity index (χ1v) is 6.97. The molecule has 5 heteroatoms. The Hall–Kier alpha value is -1.91. The van der Waals surface area contributed by atoms with Crippen LogP contribution in [0.15, 0.2) is 18.2 Å². The van der Waals surface area contributed by atoms with Gasteiger partial charge in [0.1, 0.15) is 5.52 Å². The molecule has 0 atom stereocenters. The zero-order chi connectivity index (χ0) is 14.3. The van der Waals surface area contributed by atoms with Crippen molar-refractivity contribution in [3.63, 3.8) is 0 Å². The number of hydrogen-bond donors (Lipinski definition) is 0. The van der Waals surface area contributed by atoms with Gasteiger partial charge in [-0.15, -0.1) is 0 Å². The third-order valence-corrected chi connectivity index (χ3v) is 3.96. The molecule has 2 aromatic rings. The first-order valence-electron chi connectivity index (χ1n) is 6.97. The van der Waals surface area contributed by atoms with Crippen molar-refractivity contribution in [3.8, 4) is 0 Å². The fraction of sp³-hybridized carbons (Fsp3) is 0.467. The van der Waals surface area contributed by atoms with Crippen LogP contribution < -0.4 is 0 Å². The van der Waals surface area contributed by atoms with E-state index in [-0.39, 0.29) is 17.8 Å². The zero-order valence-electron chi connectivity index (χ0n) is 11.8. The second kappa shape index (κ2) is 4.89. The predicted molar refractivity (Wildman–Crippen MR) is 75.2 cm³/mol. The Morgan fingerprint density at radius 1 is 1.35 bits per heavy atom. The van der Waals surface area contributed by atoms with E-state index < -0.39 is 0 Å². The normalized spacial score (nSPS) is 15.9. The van der Waals surface area contributed by atoms with Gasteiger partial charge in [0.2, 0.25) is 5.82 Å². The number of carbonyl (C=O) groups is 1. The third-order valence-electron chi connectivity index (χ3n) is 3.96. The molecule has 0 unspecified atom stereocenters. The van der Waals surface area contributed by atoms with Crippen molar-refractivity contribution in [1.82, 2.24) is 14.5 Å². The minimum absolute atomic E-state index is 0.174. The summed E-state index contributed by atoms with van der Waals surface area (Å²) < 4.78 is 15.9. The summed E-state index contributed by atoms with van der Waals surface area (Å²) in [5.74, 6) is -0.193. The van der Waals surface area contributed by atoms with E-state index in [0.717, 1.165) is 31.2 Å². The molecule has 0 N–H and O–H groups in total. The largest absolute Gasteiger partial charge is 0.342 e. The Kier molecular flexibility index (Phi) is 3.20. The van der Waals surface area contributed by atoms with Gasteiger partial charge in [0.15, 0.2) is 5.82 Å². The molecule has 1 aliphatic rings. The molecule has 3 rings (SSSR count). The van der Waals surface area contributed by atoms with E-state index >= 15 is 0 Å². The summed E-state index contributed by atoms with van der Waals surface area (Å²) in [5, 5.41) is 0. The van der Waals surface area contributed by atoms with Gasteiger partial charge in [0, 0.05) is 20.1 Å². The van der Waals surface area contributed by atoms with Gasteiger partial charge in [-0.25, -0.2) is 9.37 Å². The molecule has 0 saturated heterocycles. The highest BCUT2D eigenvalue weighted by molar-refractivity contribution is 5.94. The number of benzene rings is 1. The summed E-state index contributed by atoms with van der Waals surface area (Å²) in [6.07, 6.45) is 4.34. The highest BCUT2D eigenvalue weighted by Gasteiger charge is 2.27. The minimum atomic E-state index is -0.368. The first kappa shape index (κ1) is 13.1. The number of para-hydroxylation sites is 1. The van der Waals surface area contributed by atoms with Crippen molar-refractivity contribution in [2.45, 2.75) is 31.7 Å². The number of halogens is 1. The number of imidazole rings is 1. The number of hydrogen-bond acceptors (Lipinski definition) is 2. The van der Waals surface area contributed by atoms with E-state index in [1.54, 1.807) is 20.2 Å². The third kappa shape index (κ3) is 1.97. The second-order valence-electron chi connectivity index (χ2n) is 5.55. The van der Waals surface area contributed by atoms with Gasteiger partial charge in [-0.1, -0.05) is 18.9 Å². The number of amides is 1. The number of rotatable bonds is 2. The maximum atomic E-state index is 13.9. The lowest BCUT2D eigenvalue weighted by Crippen LogP contribution is -2.26.